The van der Waals surface area contributed by atoms with Crippen LogP contribution in [0.4, 0.5) is 22.7 Å². The van der Waals surface area contributed by atoms with Gasteiger partial charge in [-0.15, -0.1) is 0 Å². The lowest BCUT2D eigenvalue weighted by Gasteiger charge is -2.45. The molecule has 0 saturated carbocycles. The maximum atomic E-state index is 2.77. The first kappa shape index (κ1) is 65.7. The predicted octanol–water partition coefficient (Wildman–Crippen LogP) is 26.6. The van der Waals surface area contributed by atoms with Crippen molar-refractivity contribution in [2.75, 3.05) is 22.9 Å². The molecular weight excluding hydrogens is 1350 g/mol. The fraction of sp³-hybridized carbons (Fsp3) is 0.0826. The first-order valence-corrected chi connectivity index (χ1v) is 39.9. The van der Waals surface area contributed by atoms with Crippen LogP contribution in [-0.2, 0) is 24.7 Å². The molecule has 2 aliphatic rings. The minimum absolute atomic E-state index is 0.0219. The minimum atomic E-state index is -0.176. The second kappa shape index (κ2) is 26.2. The van der Waals surface area contributed by atoms with Gasteiger partial charge in [0.25, 0.3) is 6.71 Å². The Balaban J connectivity index is 0.811. The van der Waals surface area contributed by atoms with E-state index in [-0.39, 0.29) is 12.1 Å². The summed E-state index contributed by atoms with van der Waals surface area (Å²) in [5.41, 5.74) is 30.5. The molecule has 0 aliphatic carbocycles. The largest absolute Gasteiger partial charge is 0.342 e. The molecule has 0 saturated heterocycles. The van der Waals surface area contributed by atoms with Crippen molar-refractivity contribution in [3.63, 3.8) is 0 Å². The number of fused-ring (bicyclic) bond motifs is 8. The molecule has 0 unspecified atom stereocenters. The van der Waals surface area contributed by atoms with Gasteiger partial charge in [0.2, 0.25) is 0 Å². The van der Waals surface area contributed by atoms with E-state index < -0.39 is 0 Å². The highest BCUT2D eigenvalue weighted by Gasteiger charge is 2.44. The fourth-order valence-corrected chi connectivity index (χ4v) is 20.0. The molecule has 3 heteroatoms. The highest BCUT2D eigenvalue weighted by Crippen LogP contribution is 2.49. The summed E-state index contributed by atoms with van der Waals surface area (Å²) in [6, 6.07) is 139. The first-order chi connectivity index (χ1) is 55.2. The Hall–Kier alpha value is -13.3. The molecule has 0 aromatic heterocycles. The molecule has 2 heterocycles. The molecule has 20 aromatic carbocycles. The van der Waals surface area contributed by atoms with Gasteiger partial charge in [-0.1, -0.05) is 360 Å². The van der Waals surface area contributed by atoms with E-state index in [0.29, 0.717) is 0 Å². The number of nitrogens with zero attached hydrogens (tertiary/aromatic N) is 2. The summed E-state index contributed by atoms with van der Waals surface area (Å²) in [4.78, 5) is 5.53. The van der Waals surface area contributed by atoms with Crippen LogP contribution in [0.5, 0.6) is 0 Å². The highest BCUT2D eigenvalue weighted by atomic mass is 15.2. The fourth-order valence-electron chi connectivity index (χ4n) is 20.0. The van der Waals surface area contributed by atoms with E-state index in [4.69, 9.17) is 0 Å². The smallest absolute Gasteiger partial charge is 0.252 e. The average Bonchev–Trinajstić information content (AvgIpc) is 0.707. The molecule has 112 heavy (non-hydrogen) atoms. The van der Waals surface area contributed by atoms with Crippen LogP contribution < -0.4 is 26.2 Å². The van der Waals surface area contributed by atoms with Crippen molar-refractivity contribution in [1.82, 2.24) is 0 Å². The molecular formula is C109H79BN2. The molecule has 528 valence electrons. The molecule has 20 aromatic rings. The molecule has 2 aliphatic heterocycles. The van der Waals surface area contributed by atoms with Gasteiger partial charge in [-0.3, -0.25) is 0 Å². The van der Waals surface area contributed by atoms with Crippen LogP contribution in [-0.4, -0.2) is 19.8 Å². The Kier molecular flexibility index (Phi) is 15.4. The van der Waals surface area contributed by atoms with Gasteiger partial charge in [-0.05, 0) is 246 Å². The number of hydrogen-bond donors (Lipinski definition) is 0. The van der Waals surface area contributed by atoms with Gasteiger partial charge in [-0.2, -0.15) is 0 Å². The SMILES string of the molecule is CC(C)(C)c1ccc(Cc2cc3c4c(c2)N(CCc2c(-c5ccccc5)cccc2-c2ccccc2)c2ccc(-c5ccc6c7cccc8cccc(c9cccc5c96)c87)cc2B4c2cc(-c4ccc5c6cccc7cccc(c8cccc4c85)c76)ccc2N3CCc2c(-c3ccccc3)cccc2-c2ccccc2)cc1. The molecule has 0 amide bonds. The lowest BCUT2D eigenvalue weighted by Crippen LogP contribution is -2.62. The number of benzene rings is 20. The maximum absolute atomic E-state index is 2.77. The van der Waals surface area contributed by atoms with Crippen molar-refractivity contribution in [3.05, 3.63) is 392 Å². The molecule has 0 spiro atoms. The van der Waals surface area contributed by atoms with Gasteiger partial charge in [0, 0.05) is 35.8 Å². The zero-order chi connectivity index (χ0) is 74.3. The van der Waals surface area contributed by atoms with Crippen molar-refractivity contribution >= 4 is 132 Å². The Morgan fingerprint density at radius 2 is 0.589 bits per heavy atom. The Bertz CT molecular complexity index is 6510. The van der Waals surface area contributed by atoms with Crippen LogP contribution in [0.15, 0.2) is 364 Å². The van der Waals surface area contributed by atoms with Gasteiger partial charge in [0.15, 0.2) is 0 Å². The van der Waals surface area contributed by atoms with Crippen molar-refractivity contribution in [2.24, 2.45) is 0 Å². The van der Waals surface area contributed by atoms with Gasteiger partial charge in [0.1, 0.15) is 0 Å². The van der Waals surface area contributed by atoms with Crippen molar-refractivity contribution < 1.29 is 0 Å². The number of hydrogen-bond acceptors (Lipinski definition) is 2. The van der Waals surface area contributed by atoms with E-state index in [1.165, 1.54) is 220 Å². The minimum Gasteiger partial charge on any atom is -0.342 e. The van der Waals surface area contributed by atoms with Crippen LogP contribution in [0.3, 0.4) is 0 Å². The summed E-state index contributed by atoms with van der Waals surface area (Å²) in [5, 5.41) is 20.8. The molecule has 22 rings (SSSR count). The molecule has 0 bridgehead atoms. The van der Waals surface area contributed by atoms with E-state index in [1.54, 1.807) is 0 Å². The lowest BCUT2D eigenvalue weighted by molar-refractivity contribution is 0.590. The molecule has 0 atom stereocenters. The molecule has 0 N–H and O–H groups in total. The third kappa shape index (κ3) is 10.6. The zero-order valence-corrected chi connectivity index (χ0v) is 63.1. The Morgan fingerprint density at radius 1 is 0.250 bits per heavy atom. The van der Waals surface area contributed by atoms with Crippen molar-refractivity contribution in [2.45, 2.75) is 45.4 Å². The summed E-state index contributed by atoms with van der Waals surface area (Å²) in [6.07, 6.45) is 2.34. The number of rotatable bonds is 14. The zero-order valence-electron chi connectivity index (χ0n) is 63.1. The maximum Gasteiger partial charge on any atom is 0.252 e. The number of anilines is 4. The standard InChI is InChI=1S/C109H79BN2/c1-109(2,3)79-52-48-69(49-53-79)64-70-65-102-108-103(66-70)112(63-61-87-82(73-28-12-6-13-29-73)38-21-39-83(87)74-30-14-7-15-31-74)101-59-51-78(85-55-57-97-93-43-19-35-76-33-17-41-91(105(76)93)95-47-23-45-89(85)107(95)97)68-99(101)110(108)98-67-77(84-54-56-96-92-42-18-34-75-32-16-40-90(104(75)92)94-46-22-44-88(84)106(94)96)50-58-100(98)111(102)62-60-86-80(71-24-8-4-9-25-71)36-20-37-81(86)72-26-10-5-11-27-72/h4-59,65-68H,60-64H2,1-3H3. The van der Waals surface area contributed by atoms with Crippen LogP contribution in [0.25, 0.3) is 153 Å². The summed E-state index contributed by atoms with van der Waals surface area (Å²) >= 11 is 0. The second-order valence-corrected chi connectivity index (χ2v) is 32.3. The van der Waals surface area contributed by atoms with E-state index in [0.717, 1.165) is 32.4 Å². The predicted molar refractivity (Wildman–Crippen MR) is 481 cm³/mol. The van der Waals surface area contributed by atoms with Crippen LogP contribution in [0, 0.1) is 0 Å². The van der Waals surface area contributed by atoms with E-state index in [2.05, 4.69) is 395 Å². The van der Waals surface area contributed by atoms with E-state index >= 15 is 0 Å². The van der Waals surface area contributed by atoms with Crippen LogP contribution in [0.1, 0.15) is 48.6 Å². The Morgan fingerprint density at radius 3 is 0.964 bits per heavy atom. The van der Waals surface area contributed by atoms with Gasteiger partial charge < -0.3 is 9.80 Å². The third-order valence-electron chi connectivity index (χ3n) is 25.1. The normalized spacial score (nSPS) is 12.7. The quantitative estimate of drug-likeness (QED) is 0.0608. The molecule has 0 radical (unpaired) electrons. The summed E-state index contributed by atoms with van der Waals surface area (Å²) in [7, 11) is 0. The van der Waals surface area contributed by atoms with Crippen LogP contribution >= 0.6 is 0 Å². The summed E-state index contributed by atoms with van der Waals surface area (Å²) in [5.74, 6) is 0. The van der Waals surface area contributed by atoms with E-state index in [1.807, 2.05) is 0 Å². The third-order valence-corrected chi connectivity index (χ3v) is 25.1. The van der Waals surface area contributed by atoms with E-state index in [9.17, 15) is 0 Å². The summed E-state index contributed by atoms with van der Waals surface area (Å²) < 4.78 is 0. The second-order valence-electron chi connectivity index (χ2n) is 32.3. The average molecular weight is 1430 g/mol. The van der Waals surface area contributed by atoms with Gasteiger partial charge in [0.05, 0.1) is 0 Å². The van der Waals surface area contributed by atoms with Gasteiger partial charge >= 0.3 is 0 Å². The topological polar surface area (TPSA) is 6.48 Å². The first-order valence-electron chi connectivity index (χ1n) is 39.9. The van der Waals surface area contributed by atoms with Gasteiger partial charge in [-0.25, -0.2) is 0 Å². The lowest BCUT2D eigenvalue weighted by atomic mass is 9.33. The van der Waals surface area contributed by atoms with Crippen molar-refractivity contribution in [3.8, 4) is 66.8 Å². The highest BCUT2D eigenvalue weighted by molar-refractivity contribution is 7.00. The molecule has 2 nitrogen and oxygen atoms in total. The molecule has 0 fully saturated rings. The summed E-state index contributed by atoms with van der Waals surface area (Å²) in [6.45, 7) is 8.23. The Labute approximate surface area is 654 Å². The van der Waals surface area contributed by atoms with Crippen molar-refractivity contribution in [1.29, 1.82) is 0 Å². The monoisotopic (exact) mass is 1430 g/mol. The van der Waals surface area contributed by atoms with Crippen LogP contribution in [0.2, 0.25) is 0 Å².